The zero-order valence-corrected chi connectivity index (χ0v) is 12.1. The summed E-state index contributed by atoms with van der Waals surface area (Å²) in [5.74, 6) is 0.958. The molecule has 1 aromatic heterocycles. The standard InChI is InChI=1S/C15H17ClN4/c1-2-13(18)8-15-19-5-6-20(15)10-12-4-3-11(9-17)7-14(12)16/h3-7,13H,2,8,10,18H2,1H3. The molecule has 0 spiro atoms. The Bertz CT molecular complexity index is 627. The van der Waals surface area contributed by atoms with Crippen molar-refractivity contribution in [2.45, 2.75) is 32.4 Å². The summed E-state index contributed by atoms with van der Waals surface area (Å²) >= 11 is 6.20. The number of benzene rings is 1. The first-order valence-electron chi connectivity index (χ1n) is 6.58. The van der Waals surface area contributed by atoms with Gasteiger partial charge >= 0.3 is 0 Å². The van der Waals surface area contributed by atoms with E-state index < -0.39 is 0 Å². The van der Waals surface area contributed by atoms with Crippen LogP contribution in [-0.4, -0.2) is 15.6 Å². The number of hydrogen-bond acceptors (Lipinski definition) is 3. The predicted molar refractivity (Wildman–Crippen MR) is 79.5 cm³/mol. The normalized spacial score (nSPS) is 12.1. The molecule has 1 aromatic carbocycles. The first-order chi connectivity index (χ1) is 9.63. The Morgan fingerprint density at radius 2 is 2.30 bits per heavy atom. The van der Waals surface area contributed by atoms with Gasteiger partial charge in [-0.2, -0.15) is 5.26 Å². The van der Waals surface area contributed by atoms with E-state index in [-0.39, 0.29) is 6.04 Å². The number of rotatable bonds is 5. The minimum atomic E-state index is 0.118. The average molecular weight is 289 g/mol. The van der Waals surface area contributed by atoms with Gasteiger partial charge in [-0.1, -0.05) is 24.6 Å². The lowest BCUT2D eigenvalue weighted by molar-refractivity contribution is 0.597. The molecule has 0 radical (unpaired) electrons. The van der Waals surface area contributed by atoms with Gasteiger partial charge in [0.15, 0.2) is 0 Å². The largest absolute Gasteiger partial charge is 0.330 e. The van der Waals surface area contributed by atoms with Gasteiger partial charge in [0.1, 0.15) is 5.82 Å². The molecule has 0 saturated heterocycles. The average Bonchev–Trinajstić information content (AvgIpc) is 2.88. The van der Waals surface area contributed by atoms with Gasteiger partial charge in [-0.25, -0.2) is 4.98 Å². The molecule has 1 heterocycles. The topological polar surface area (TPSA) is 67.6 Å². The van der Waals surface area contributed by atoms with E-state index in [1.807, 2.05) is 16.8 Å². The highest BCUT2D eigenvalue weighted by Crippen LogP contribution is 2.19. The molecule has 20 heavy (non-hydrogen) atoms. The quantitative estimate of drug-likeness (QED) is 0.920. The number of aromatic nitrogens is 2. The SMILES string of the molecule is CCC(N)Cc1nccn1Cc1ccc(C#N)cc1Cl. The summed E-state index contributed by atoms with van der Waals surface area (Å²) in [6.07, 6.45) is 5.36. The van der Waals surface area contributed by atoms with Crippen molar-refractivity contribution in [3.63, 3.8) is 0 Å². The monoisotopic (exact) mass is 288 g/mol. The third-order valence-electron chi connectivity index (χ3n) is 3.29. The highest BCUT2D eigenvalue weighted by atomic mass is 35.5. The van der Waals surface area contributed by atoms with Crippen molar-refractivity contribution in [1.29, 1.82) is 5.26 Å². The molecule has 0 fully saturated rings. The predicted octanol–water partition coefficient (Wildman–Crippen LogP) is 2.74. The van der Waals surface area contributed by atoms with Crippen molar-refractivity contribution in [2.75, 3.05) is 0 Å². The second-order valence-electron chi connectivity index (χ2n) is 4.76. The van der Waals surface area contributed by atoms with Crippen molar-refractivity contribution < 1.29 is 0 Å². The number of halogens is 1. The van der Waals surface area contributed by atoms with Crippen LogP contribution in [0.5, 0.6) is 0 Å². The van der Waals surface area contributed by atoms with Gasteiger partial charge < -0.3 is 10.3 Å². The summed E-state index contributed by atoms with van der Waals surface area (Å²) in [6, 6.07) is 7.54. The molecule has 2 rings (SSSR count). The fraction of sp³-hybridized carbons (Fsp3) is 0.333. The van der Waals surface area contributed by atoms with Crippen LogP contribution in [0.4, 0.5) is 0 Å². The van der Waals surface area contributed by atoms with Crippen LogP contribution in [-0.2, 0) is 13.0 Å². The van der Waals surface area contributed by atoms with E-state index in [1.165, 1.54) is 0 Å². The van der Waals surface area contributed by atoms with Crippen molar-refractivity contribution in [3.8, 4) is 6.07 Å². The van der Waals surface area contributed by atoms with Crippen molar-refractivity contribution in [1.82, 2.24) is 9.55 Å². The van der Waals surface area contributed by atoms with Crippen LogP contribution in [0.15, 0.2) is 30.6 Å². The van der Waals surface area contributed by atoms with Crippen LogP contribution in [0, 0.1) is 11.3 Å². The number of nitriles is 1. The highest BCUT2D eigenvalue weighted by Gasteiger charge is 2.09. The Labute approximate surface area is 123 Å². The molecular weight excluding hydrogens is 272 g/mol. The zero-order chi connectivity index (χ0) is 14.5. The Hall–Kier alpha value is -1.83. The Morgan fingerprint density at radius 1 is 1.50 bits per heavy atom. The first kappa shape index (κ1) is 14.6. The molecule has 0 amide bonds. The Kier molecular flexibility index (Phi) is 4.78. The first-order valence-corrected chi connectivity index (χ1v) is 6.96. The van der Waals surface area contributed by atoms with Gasteiger partial charge in [0.2, 0.25) is 0 Å². The molecule has 1 atom stereocenters. The number of nitrogens with two attached hydrogens (primary N) is 1. The summed E-state index contributed by atoms with van der Waals surface area (Å²) < 4.78 is 2.04. The van der Waals surface area contributed by atoms with Crippen molar-refractivity contribution in [3.05, 3.63) is 52.6 Å². The molecule has 5 heteroatoms. The smallest absolute Gasteiger partial charge is 0.110 e. The molecule has 2 aromatic rings. The number of imidazole rings is 1. The molecule has 0 aliphatic heterocycles. The van der Waals surface area contributed by atoms with Crippen LogP contribution >= 0.6 is 11.6 Å². The van der Waals surface area contributed by atoms with Gasteiger partial charge in [-0.15, -0.1) is 0 Å². The zero-order valence-electron chi connectivity index (χ0n) is 11.4. The maximum atomic E-state index is 8.84. The van der Waals surface area contributed by atoms with E-state index in [9.17, 15) is 0 Å². The van der Waals surface area contributed by atoms with Crippen LogP contribution in [0.25, 0.3) is 0 Å². The molecule has 1 unspecified atom stereocenters. The lowest BCUT2D eigenvalue weighted by Crippen LogP contribution is -2.23. The van der Waals surface area contributed by atoms with Crippen LogP contribution < -0.4 is 5.73 Å². The Balaban J connectivity index is 2.19. The molecule has 0 aliphatic carbocycles. The van der Waals surface area contributed by atoms with E-state index in [0.717, 1.165) is 24.2 Å². The third-order valence-corrected chi connectivity index (χ3v) is 3.65. The molecule has 2 N–H and O–H groups in total. The van der Waals surface area contributed by atoms with Crippen molar-refractivity contribution >= 4 is 11.6 Å². The number of nitrogens with zero attached hydrogens (tertiary/aromatic N) is 3. The van der Waals surface area contributed by atoms with Gasteiger partial charge in [0, 0.05) is 29.9 Å². The summed E-state index contributed by atoms with van der Waals surface area (Å²) in [5, 5.41) is 9.44. The van der Waals surface area contributed by atoms with Crippen LogP contribution in [0.2, 0.25) is 5.02 Å². The van der Waals surface area contributed by atoms with Crippen molar-refractivity contribution in [2.24, 2.45) is 5.73 Å². The lowest BCUT2D eigenvalue weighted by Gasteiger charge is -2.12. The fourth-order valence-corrected chi connectivity index (χ4v) is 2.22. The highest BCUT2D eigenvalue weighted by molar-refractivity contribution is 6.31. The molecule has 0 bridgehead atoms. The van der Waals surface area contributed by atoms with Gasteiger partial charge in [-0.3, -0.25) is 0 Å². The molecule has 104 valence electrons. The molecule has 4 nitrogen and oxygen atoms in total. The maximum Gasteiger partial charge on any atom is 0.110 e. The summed E-state index contributed by atoms with van der Waals surface area (Å²) in [7, 11) is 0. The van der Waals surface area contributed by atoms with E-state index in [1.54, 1.807) is 18.3 Å². The minimum absolute atomic E-state index is 0.118. The minimum Gasteiger partial charge on any atom is -0.330 e. The second kappa shape index (κ2) is 6.56. The van der Waals surface area contributed by atoms with E-state index >= 15 is 0 Å². The van der Waals surface area contributed by atoms with Gasteiger partial charge in [-0.05, 0) is 24.1 Å². The molecule has 0 aliphatic rings. The second-order valence-corrected chi connectivity index (χ2v) is 5.17. The third kappa shape index (κ3) is 3.38. The Morgan fingerprint density at radius 3 is 2.95 bits per heavy atom. The molecular formula is C15H17ClN4. The summed E-state index contributed by atoms with van der Waals surface area (Å²) in [4.78, 5) is 4.35. The van der Waals surface area contributed by atoms with E-state index in [2.05, 4.69) is 18.0 Å². The fourth-order valence-electron chi connectivity index (χ4n) is 1.98. The van der Waals surface area contributed by atoms with E-state index in [0.29, 0.717) is 17.1 Å². The molecule has 0 saturated carbocycles. The van der Waals surface area contributed by atoms with Crippen LogP contribution in [0.1, 0.15) is 30.3 Å². The maximum absolute atomic E-state index is 8.84. The van der Waals surface area contributed by atoms with E-state index in [4.69, 9.17) is 22.6 Å². The summed E-state index contributed by atoms with van der Waals surface area (Å²) in [5.41, 5.74) is 7.51. The lowest BCUT2D eigenvalue weighted by atomic mass is 10.1. The van der Waals surface area contributed by atoms with Crippen LogP contribution in [0.3, 0.4) is 0 Å². The summed E-state index contributed by atoms with van der Waals surface area (Å²) in [6.45, 7) is 2.70. The van der Waals surface area contributed by atoms with Gasteiger partial charge in [0.25, 0.3) is 0 Å². The number of hydrogen-bond donors (Lipinski definition) is 1. The van der Waals surface area contributed by atoms with Gasteiger partial charge in [0.05, 0.1) is 18.2 Å².